The smallest absolute Gasteiger partial charge is 0.161 e. The Balaban J connectivity index is 2.00. The third kappa shape index (κ3) is 3.40. The summed E-state index contributed by atoms with van der Waals surface area (Å²) in [5.41, 5.74) is 2.03. The average Bonchev–Trinajstić information content (AvgIpc) is 2.88. The number of ether oxygens (including phenoxy) is 1. The van der Waals surface area contributed by atoms with E-state index in [0.717, 1.165) is 17.8 Å². The maximum absolute atomic E-state index is 9.63. The number of anilines is 1. The molecular weight excluding hydrogens is 242 g/mol. The number of aromatic hydroxyl groups is 1. The summed E-state index contributed by atoms with van der Waals surface area (Å²) in [5, 5.41) is 17.1. The molecule has 0 saturated heterocycles. The number of phenols is 1. The molecule has 0 saturated carbocycles. The first-order valence-electron chi connectivity index (χ1n) is 6.44. The first-order valence-corrected chi connectivity index (χ1v) is 6.44. The van der Waals surface area contributed by atoms with Crippen molar-refractivity contribution in [1.82, 2.24) is 9.78 Å². The first-order chi connectivity index (χ1) is 9.22. The maximum Gasteiger partial charge on any atom is 0.161 e. The molecule has 1 heterocycles. The van der Waals surface area contributed by atoms with Gasteiger partial charge in [-0.15, -0.1) is 0 Å². The number of hydrogen-bond acceptors (Lipinski definition) is 4. The summed E-state index contributed by atoms with van der Waals surface area (Å²) in [6.45, 7) is 5.99. The number of aryl methyl sites for hydroxylation is 1. The fourth-order valence-corrected chi connectivity index (χ4v) is 1.77. The van der Waals surface area contributed by atoms with Gasteiger partial charge in [0.15, 0.2) is 11.5 Å². The molecule has 5 nitrogen and oxygen atoms in total. The molecule has 2 aromatic rings. The Hall–Kier alpha value is -2.17. The predicted molar refractivity (Wildman–Crippen MR) is 74.5 cm³/mol. The number of phenolic OH excluding ortho intramolecular Hbond substituents is 1. The second kappa shape index (κ2) is 6.13. The van der Waals surface area contributed by atoms with Crippen LogP contribution in [0.5, 0.6) is 11.5 Å². The Labute approximate surface area is 112 Å². The molecular formula is C14H19N3O2. The number of nitrogens with one attached hydrogen (secondary N) is 1. The maximum atomic E-state index is 9.63. The Morgan fingerprint density at radius 1 is 1.37 bits per heavy atom. The molecule has 1 aromatic heterocycles. The minimum absolute atomic E-state index is 0.171. The minimum atomic E-state index is 0.171. The minimum Gasteiger partial charge on any atom is -0.504 e. The number of nitrogens with zero attached hydrogens (tertiary/aromatic N) is 2. The van der Waals surface area contributed by atoms with E-state index in [1.807, 2.05) is 36.9 Å². The SMILES string of the molecule is CCOc1cc(CNc2cnn(CC)c2)ccc1O. The van der Waals surface area contributed by atoms with Crippen molar-refractivity contribution in [1.29, 1.82) is 0 Å². The summed E-state index contributed by atoms with van der Waals surface area (Å²) in [5.74, 6) is 0.690. The molecule has 0 aliphatic carbocycles. The van der Waals surface area contributed by atoms with Gasteiger partial charge < -0.3 is 15.2 Å². The molecule has 0 amide bonds. The number of aromatic nitrogens is 2. The Kier molecular flexibility index (Phi) is 4.28. The summed E-state index contributed by atoms with van der Waals surface area (Å²) in [6, 6.07) is 5.36. The number of hydrogen-bond donors (Lipinski definition) is 2. The lowest BCUT2D eigenvalue weighted by Gasteiger charge is -2.09. The standard InChI is InChI=1S/C14H19N3O2/c1-3-17-10-12(9-16-17)15-8-11-5-6-13(18)14(7-11)19-4-2/h5-7,9-10,15,18H,3-4,8H2,1-2H3. The lowest BCUT2D eigenvalue weighted by atomic mass is 10.2. The zero-order valence-corrected chi connectivity index (χ0v) is 11.3. The highest BCUT2D eigenvalue weighted by Crippen LogP contribution is 2.27. The van der Waals surface area contributed by atoms with Gasteiger partial charge in [0.2, 0.25) is 0 Å². The van der Waals surface area contributed by atoms with E-state index in [0.29, 0.717) is 18.9 Å². The number of rotatable bonds is 6. The Morgan fingerprint density at radius 3 is 2.89 bits per heavy atom. The molecule has 2 rings (SSSR count). The predicted octanol–water partition coefficient (Wildman–Crippen LogP) is 2.62. The van der Waals surface area contributed by atoms with Crippen LogP contribution < -0.4 is 10.1 Å². The van der Waals surface area contributed by atoms with Crippen molar-refractivity contribution in [3.8, 4) is 11.5 Å². The molecule has 0 aliphatic rings. The molecule has 19 heavy (non-hydrogen) atoms. The quantitative estimate of drug-likeness (QED) is 0.839. The van der Waals surface area contributed by atoms with E-state index in [-0.39, 0.29) is 5.75 Å². The zero-order chi connectivity index (χ0) is 13.7. The Bertz CT molecular complexity index is 537. The van der Waals surface area contributed by atoms with Crippen LogP contribution in [-0.2, 0) is 13.1 Å². The third-order valence-corrected chi connectivity index (χ3v) is 2.78. The molecule has 0 unspecified atom stereocenters. The van der Waals surface area contributed by atoms with Crippen molar-refractivity contribution in [2.75, 3.05) is 11.9 Å². The summed E-state index contributed by atoms with van der Waals surface area (Å²) in [6.07, 6.45) is 3.76. The molecule has 0 atom stereocenters. The van der Waals surface area contributed by atoms with Gasteiger partial charge in [0.25, 0.3) is 0 Å². The van der Waals surface area contributed by atoms with Crippen molar-refractivity contribution < 1.29 is 9.84 Å². The van der Waals surface area contributed by atoms with Crippen LogP contribution in [0.1, 0.15) is 19.4 Å². The van der Waals surface area contributed by atoms with E-state index in [2.05, 4.69) is 10.4 Å². The van der Waals surface area contributed by atoms with Gasteiger partial charge in [-0.2, -0.15) is 5.10 Å². The van der Waals surface area contributed by atoms with E-state index >= 15 is 0 Å². The van der Waals surface area contributed by atoms with Crippen molar-refractivity contribution in [3.05, 3.63) is 36.2 Å². The van der Waals surface area contributed by atoms with Gasteiger partial charge in [-0.05, 0) is 31.5 Å². The largest absolute Gasteiger partial charge is 0.504 e. The first kappa shape index (κ1) is 13.3. The van der Waals surface area contributed by atoms with Crippen LogP contribution in [0.2, 0.25) is 0 Å². The van der Waals surface area contributed by atoms with Crippen molar-refractivity contribution in [3.63, 3.8) is 0 Å². The molecule has 5 heteroatoms. The average molecular weight is 261 g/mol. The third-order valence-electron chi connectivity index (χ3n) is 2.78. The number of benzene rings is 1. The molecule has 0 fully saturated rings. The van der Waals surface area contributed by atoms with Gasteiger partial charge in [-0.25, -0.2) is 0 Å². The van der Waals surface area contributed by atoms with Crippen LogP contribution in [0, 0.1) is 0 Å². The van der Waals surface area contributed by atoms with E-state index < -0.39 is 0 Å². The second-order valence-corrected chi connectivity index (χ2v) is 4.17. The summed E-state index contributed by atoms with van der Waals surface area (Å²) >= 11 is 0. The molecule has 0 bridgehead atoms. The fourth-order valence-electron chi connectivity index (χ4n) is 1.77. The van der Waals surface area contributed by atoms with E-state index in [4.69, 9.17) is 4.74 Å². The summed E-state index contributed by atoms with van der Waals surface area (Å²) < 4.78 is 7.22. The lowest BCUT2D eigenvalue weighted by Crippen LogP contribution is -2.00. The van der Waals surface area contributed by atoms with Crippen molar-refractivity contribution in [2.45, 2.75) is 26.9 Å². The highest BCUT2D eigenvalue weighted by atomic mass is 16.5. The zero-order valence-electron chi connectivity index (χ0n) is 11.3. The van der Waals surface area contributed by atoms with Crippen molar-refractivity contribution in [2.24, 2.45) is 0 Å². The topological polar surface area (TPSA) is 59.3 Å². The normalized spacial score (nSPS) is 10.4. The lowest BCUT2D eigenvalue weighted by molar-refractivity contribution is 0.318. The second-order valence-electron chi connectivity index (χ2n) is 4.17. The van der Waals surface area contributed by atoms with Gasteiger partial charge in [-0.3, -0.25) is 4.68 Å². The van der Waals surface area contributed by atoms with E-state index in [9.17, 15) is 5.11 Å². The molecule has 0 aliphatic heterocycles. The van der Waals surface area contributed by atoms with Gasteiger partial charge in [0, 0.05) is 19.3 Å². The van der Waals surface area contributed by atoms with Crippen LogP contribution in [0.4, 0.5) is 5.69 Å². The van der Waals surface area contributed by atoms with Gasteiger partial charge in [0.05, 0.1) is 18.5 Å². The van der Waals surface area contributed by atoms with Gasteiger partial charge in [0.1, 0.15) is 0 Å². The van der Waals surface area contributed by atoms with Crippen molar-refractivity contribution >= 4 is 5.69 Å². The highest BCUT2D eigenvalue weighted by molar-refractivity contribution is 5.44. The highest BCUT2D eigenvalue weighted by Gasteiger charge is 2.04. The van der Waals surface area contributed by atoms with Crippen LogP contribution in [-0.4, -0.2) is 21.5 Å². The molecule has 2 N–H and O–H groups in total. The van der Waals surface area contributed by atoms with E-state index in [1.54, 1.807) is 12.3 Å². The summed E-state index contributed by atoms with van der Waals surface area (Å²) in [7, 11) is 0. The monoisotopic (exact) mass is 261 g/mol. The molecule has 0 spiro atoms. The van der Waals surface area contributed by atoms with Gasteiger partial charge >= 0.3 is 0 Å². The van der Waals surface area contributed by atoms with Gasteiger partial charge in [-0.1, -0.05) is 6.07 Å². The van der Waals surface area contributed by atoms with Crippen LogP contribution in [0.15, 0.2) is 30.6 Å². The van der Waals surface area contributed by atoms with Crippen LogP contribution in [0.25, 0.3) is 0 Å². The van der Waals surface area contributed by atoms with Crippen LogP contribution >= 0.6 is 0 Å². The fraction of sp³-hybridized carbons (Fsp3) is 0.357. The molecule has 102 valence electrons. The Morgan fingerprint density at radius 2 is 2.21 bits per heavy atom. The summed E-state index contributed by atoms with van der Waals surface area (Å²) in [4.78, 5) is 0. The van der Waals surface area contributed by atoms with Crippen LogP contribution in [0.3, 0.4) is 0 Å². The molecule has 1 aromatic carbocycles. The molecule has 0 radical (unpaired) electrons. The van der Waals surface area contributed by atoms with E-state index in [1.165, 1.54) is 0 Å².